The van der Waals surface area contributed by atoms with Gasteiger partial charge in [0.1, 0.15) is 6.04 Å². The second-order valence-electron chi connectivity index (χ2n) is 4.93. The number of carbonyl (C=O) groups is 1. The standard InChI is InChI=1S/C15H19Cl2NO3/c1-2-20-15(19)14(18-9-13-4-3-5-21-13)10-6-11(16)8-12(17)7-10/h6-8,13-14,18H,2-5,9H2,1H3. The number of halogens is 2. The van der Waals surface area contributed by atoms with Crippen LogP contribution in [-0.2, 0) is 14.3 Å². The van der Waals surface area contributed by atoms with Crippen molar-refractivity contribution in [1.29, 1.82) is 0 Å². The monoisotopic (exact) mass is 331 g/mol. The summed E-state index contributed by atoms with van der Waals surface area (Å²) in [6.45, 7) is 3.47. The first-order valence-corrected chi connectivity index (χ1v) is 7.83. The van der Waals surface area contributed by atoms with E-state index in [0.717, 1.165) is 19.4 Å². The van der Waals surface area contributed by atoms with E-state index in [9.17, 15) is 4.79 Å². The first-order chi connectivity index (χ1) is 10.1. The van der Waals surface area contributed by atoms with Gasteiger partial charge in [-0.1, -0.05) is 23.2 Å². The topological polar surface area (TPSA) is 47.6 Å². The van der Waals surface area contributed by atoms with Gasteiger partial charge in [-0.2, -0.15) is 0 Å². The minimum Gasteiger partial charge on any atom is -0.465 e. The number of hydrogen-bond acceptors (Lipinski definition) is 4. The van der Waals surface area contributed by atoms with Crippen LogP contribution in [-0.4, -0.2) is 31.8 Å². The molecule has 0 amide bonds. The average Bonchev–Trinajstić information content (AvgIpc) is 2.91. The summed E-state index contributed by atoms with van der Waals surface area (Å²) in [4.78, 5) is 12.2. The van der Waals surface area contributed by atoms with Crippen LogP contribution in [0.5, 0.6) is 0 Å². The van der Waals surface area contributed by atoms with Gasteiger partial charge in [0.15, 0.2) is 0 Å². The molecule has 0 saturated carbocycles. The van der Waals surface area contributed by atoms with Crippen LogP contribution in [0.1, 0.15) is 31.4 Å². The summed E-state index contributed by atoms with van der Waals surface area (Å²) in [6, 6.07) is 4.48. The predicted molar refractivity (Wildman–Crippen MR) is 82.8 cm³/mol. The molecule has 0 aliphatic carbocycles. The Kier molecular flexibility index (Phi) is 6.30. The Morgan fingerprint density at radius 2 is 2.14 bits per heavy atom. The van der Waals surface area contributed by atoms with E-state index >= 15 is 0 Å². The van der Waals surface area contributed by atoms with Gasteiger partial charge in [-0.3, -0.25) is 5.32 Å². The highest BCUT2D eigenvalue weighted by Gasteiger charge is 2.25. The molecule has 4 nitrogen and oxygen atoms in total. The number of benzene rings is 1. The summed E-state index contributed by atoms with van der Waals surface area (Å²) in [6.07, 6.45) is 2.19. The van der Waals surface area contributed by atoms with Gasteiger partial charge in [-0.15, -0.1) is 0 Å². The Morgan fingerprint density at radius 1 is 1.43 bits per heavy atom. The molecule has 0 bridgehead atoms. The van der Waals surface area contributed by atoms with Gasteiger partial charge in [0.2, 0.25) is 0 Å². The fraction of sp³-hybridized carbons (Fsp3) is 0.533. The third-order valence-electron chi connectivity index (χ3n) is 3.31. The van der Waals surface area contributed by atoms with E-state index in [1.807, 2.05) is 0 Å². The predicted octanol–water partition coefficient (Wildman–Crippen LogP) is 3.37. The lowest BCUT2D eigenvalue weighted by Gasteiger charge is -2.20. The molecule has 0 radical (unpaired) electrons. The Balaban J connectivity index is 2.11. The molecule has 1 aliphatic heterocycles. The zero-order valence-electron chi connectivity index (χ0n) is 11.9. The van der Waals surface area contributed by atoms with Crippen LogP contribution in [0.2, 0.25) is 10.0 Å². The molecule has 1 aliphatic rings. The number of carbonyl (C=O) groups excluding carboxylic acids is 1. The summed E-state index contributed by atoms with van der Waals surface area (Å²) in [5.41, 5.74) is 0.698. The van der Waals surface area contributed by atoms with E-state index in [1.54, 1.807) is 25.1 Å². The molecule has 2 atom stereocenters. The number of hydrogen-bond donors (Lipinski definition) is 1. The van der Waals surface area contributed by atoms with Crippen LogP contribution in [0.3, 0.4) is 0 Å². The van der Waals surface area contributed by atoms with Crippen LogP contribution in [0, 0.1) is 0 Å². The molecule has 1 fully saturated rings. The van der Waals surface area contributed by atoms with Crippen molar-refractivity contribution in [2.45, 2.75) is 31.9 Å². The van der Waals surface area contributed by atoms with Crippen molar-refractivity contribution in [3.05, 3.63) is 33.8 Å². The maximum absolute atomic E-state index is 12.2. The van der Waals surface area contributed by atoms with E-state index in [1.165, 1.54) is 0 Å². The fourth-order valence-electron chi connectivity index (χ4n) is 2.36. The first-order valence-electron chi connectivity index (χ1n) is 7.07. The van der Waals surface area contributed by atoms with Crippen molar-refractivity contribution in [2.75, 3.05) is 19.8 Å². The van der Waals surface area contributed by atoms with Crippen LogP contribution < -0.4 is 5.32 Å². The zero-order chi connectivity index (χ0) is 15.2. The Bertz CT molecular complexity index is 470. The first kappa shape index (κ1) is 16.6. The summed E-state index contributed by atoms with van der Waals surface area (Å²) < 4.78 is 10.7. The summed E-state index contributed by atoms with van der Waals surface area (Å²) in [5.74, 6) is -0.339. The Hall–Kier alpha value is -0.810. The molecule has 2 rings (SSSR count). The number of ether oxygens (including phenoxy) is 2. The van der Waals surface area contributed by atoms with Crippen molar-refractivity contribution in [1.82, 2.24) is 5.32 Å². The molecule has 1 aromatic carbocycles. The number of esters is 1. The highest BCUT2D eigenvalue weighted by Crippen LogP contribution is 2.25. The van der Waals surface area contributed by atoms with E-state index in [-0.39, 0.29) is 12.1 Å². The summed E-state index contributed by atoms with van der Waals surface area (Å²) >= 11 is 12.0. The Morgan fingerprint density at radius 3 is 2.71 bits per heavy atom. The largest absolute Gasteiger partial charge is 0.465 e. The van der Waals surface area contributed by atoms with Crippen molar-refractivity contribution in [3.63, 3.8) is 0 Å². The van der Waals surface area contributed by atoms with Gasteiger partial charge >= 0.3 is 5.97 Å². The molecule has 2 unspecified atom stereocenters. The third kappa shape index (κ3) is 4.85. The number of rotatable bonds is 6. The molecule has 116 valence electrons. The quantitative estimate of drug-likeness (QED) is 0.812. The lowest BCUT2D eigenvalue weighted by molar-refractivity contribution is -0.146. The molecular formula is C15H19Cl2NO3. The third-order valence-corrected chi connectivity index (χ3v) is 3.75. The van der Waals surface area contributed by atoms with Gasteiger partial charge < -0.3 is 9.47 Å². The second kappa shape index (κ2) is 7.99. The second-order valence-corrected chi connectivity index (χ2v) is 5.80. The van der Waals surface area contributed by atoms with E-state index in [2.05, 4.69) is 5.32 Å². The molecule has 6 heteroatoms. The lowest BCUT2D eigenvalue weighted by atomic mass is 10.1. The zero-order valence-corrected chi connectivity index (χ0v) is 13.4. The van der Waals surface area contributed by atoms with Crippen LogP contribution in [0.15, 0.2) is 18.2 Å². The maximum Gasteiger partial charge on any atom is 0.327 e. The van der Waals surface area contributed by atoms with Gasteiger partial charge in [0.25, 0.3) is 0 Å². The molecule has 0 spiro atoms. The normalized spacial score (nSPS) is 19.5. The highest BCUT2D eigenvalue weighted by atomic mass is 35.5. The van der Waals surface area contributed by atoms with E-state index < -0.39 is 6.04 Å². The fourth-order valence-corrected chi connectivity index (χ4v) is 2.90. The molecule has 1 heterocycles. The van der Waals surface area contributed by atoms with Gasteiger partial charge in [-0.05, 0) is 43.5 Å². The van der Waals surface area contributed by atoms with Crippen molar-refractivity contribution in [2.24, 2.45) is 0 Å². The summed E-state index contributed by atoms with van der Waals surface area (Å²) in [7, 11) is 0. The number of nitrogens with one attached hydrogen (secondary N) is 1. The molecule has 1 N–H and O–H groups in total. The van der Waals surface area contributed by atoms with Crippen molar-refractivity contribution in [3.8, 4) is 0 Å². The molecule has 21 heavy (non-hydrogen) atoms. The van der Waals surface area contributed by atoms with E-state index in [4.69, 9.17) is 32.7 Å². The van der Waals surface area contributed by atoms with Gasteiger partial charge in [-0.25, -0.2) is 4.79 Å². The van der Waals surface area contributed by atoms with E-state index in [0.29, 0.717) is 28.8 Å². The SMILES string of the molecule is CCOC(=O)C(NCC1CCCO1)c1cc(Cl)cc(Cl)c1. The highest BCUT2D eigenvalue weighted by molar-refractivity contribution is 6.34. The molecular weight excluding hydrogens is 313 g/mol. The van der Waals surface area contributed by atoms with Crippen LogP contribution >= 0.6 is 23.2 Å². The van der Waals surface area contributed by atoms with Crippen molar-refractivity contribution >= 4 is 29.2 Å². The molecule has 1 aromatic rings. The molecule has 0 aromatic heterocycles. The molecule has 1 saturated heterocycles. The van der Waals surface area contributed by atoms with Crippen LogP contribution in [0.25, 0.3) is 0 Å². The van der Waals surface area contributed by atoms with Crippen molar-refractivity contribution < 1.29 is 14.3 Å². The van der Waals surface area contributed by atoms with Gasteiger partial charge in [0.05, 0.1) is 12.7 Å². The Labute approximate surface area is 134 Å². The minimum absolute atomic E-state index is 0.136. The summed E-state index contributed by atoms with van der Waals surface area (Å²) in [5, 5.41) is 4.18. The smallest absolute Gasteiger partial charge is 0.327 e. The van der Waals surface area contributed by atoms with Crippen LogP contribution in [0.4, 0.5) is 0 Å². The maximum atomic E-state index is 12.2. The lowest BCUT2D eigenvalue weighted by Crippen LogP contribution is -2.35. The average molecular weight is 332 g/mol. The minimum atomic E-state index is -0.592. The van der Waals surface area contributed by atoms with Gasteiger partial charge in [0, 0.05) is 23.2 Å².